The molecule has 2 aromatic rings. The highest BCUT2D eigenvalue weighted by atomic mass is 32.2. The second-order valence-corrected chi connectivity index (χ2v) is 9.74. The van der Waals surface area contributed by atoms with Crippen molar-refractivity contribution in [1.29, 1.82) is 0 Å². The van der Waals surface area contributed by atoms with E-state index < -0.39 is 5.25 Å². The number of allylic oxidation sites excluding steroid dienone is 1. The Bertz CT molecular complexity index is 1090. The largest absolute Gasteiger partial charge is 0.378 e. The normalized spacial score (nSPS) is 18.9. The summed E-state index contributed by atoms with van der Waals surface area (Å²) in [4.78, 5) is 41.2. The summed E-state index contributed by atoms with van der Waals surface area (Å²) >= 11 is 6.74. The highest BCUT2D eigenvalue weighted by Crippen LogP contribution is 2.31. The Labute approximate surface area is 202 Å². The number of morpholine rings is 1. The van der Waals surface area contributed by atoms with E-state index in [4.69, 9.17) is 17.0 Å². The number of thioether (sulfide) groups is 1. The van der Waals surface area contributed by atoms with E-state index >= 15 is 0 Å². The van der Waals surface area contributed by atoms with Gasteiger partial charge in [0, 0.05) is 25.1 Å². The number of anilines is 1. The molecule has 0 bridgehead atoms. The fraction of sp³-hybridized carbons (Fsp3) is 0.280. The van der Waals surface area contributed by atoms with Crippen LogP contribution in [0.2, 0.25) is 0 Å². The first-order valence-corrected chi connectivity index (χ1v) is 12.0. The van der Waals surface area contributed by atoms with Crippen molar-refractivity contribution >= 4 is 57.7 Å². The van der Waals surface area contributed by atoms with Gasteiger partial charge in [0.05, 0.1) is 18.9 Å². The molecule has 0 aromatic heterocycles. The standard InChI is InChI=1S/C25H24N2O4S2/c1-17-2-4-18(5-3-17)6-11-21(28)19-7-9-20(10-8-19)27-23(29)16-22(24(27)30)33-25(32)26-12-14-31-15-13-26/h2-11,22H,12-16H2,1H3/b11-6+. The van der Waals surface area contributed by atoms with Crippen molar-refractivity contribution in [2.24, 2.45) is 0 Å². The molecule has 2 aromatic carbocycles. The predicted molar refractivity (Wildman–Crippen MR) is 134 cm³/mol. The Balaban J connectivity index is 1.39. The van der Waals surface area contributed by atoms with Gasteiger partial charge in [-0.05, 0) is 42.8 Å². The van der Waals surface area contributed by atoms with Crippen molar-refractivity contribution in [1.82, 2.24) is 4.90 Å². The molecule has 0 saturated carbocycles. The van der Waals surface area contributed by atoms with Gasteiger partial charge in [-0.2, -0.15) is 0 Å². The summed E-state index contributed by atoms with van der Waals surface area (Å²) in [7, 11) is 0. The van der Waals surface area contributed by atoms with Gasteiger partial charge in [-0.25, -0.2) is 4.90 Å². The van der Waals surface area contributed by atoms with E-state index in [1.54, 1.807) is 30.3 Å². The molecule has 2 aliphatic rings. The third-order valence-electron chi connectivity index (χ3n) is 5.53. The zero-order valence-corrected chi connectivity index (χ0v) is 19.9. The number of hydrogen-bond acceptors (Lipinski definition) is 6. The summed E-state index contributed by atoms with van der Waals surface area (Å²) in [6, 6.07) is 14.4. The first-order valence-electron chi connectivity index (χ1n) is 10.7. The fourth-order valence-corrected chi connectivity index (χ4v) is 5.17. The number of carbonyl (C=O) groups is 3. The van der Waals surface area contributed by atoms with Crippen LogP contribution in [0.1, 0.15) is 27.9 Å². The van der Waals surface area contributed by atoms with Crippen LogP contribution in [0.25, 0.3) is 6.08 Å². The SMILES string of the molecule is Cc1ccc(/C=C/C(=O)c2ccc(N3C(=O)CC(SC(=S)N4CCOCC4)C3=O)cc2)cc1. The Morgan fingerprint density at radius 1 is 1.06 bits per heavy atom. The van der Waals surface area contributed by atoms with E-state index in [1.807, 2.05) is 36.1 Å². The lowest BCUT2D eigenvalue weighted by molar-refractivity contribution is -0.121. The van der Waals surface area contributed by atoms with Gasteiger partial charge < -0.3 is 9.64 Å². The average molecular weight is 481 g/mol. The van der Waals surface area contributed by atoms with Crippen molar-refractivity contribution < 1.29 is 19.1 Å². The Hall–Kier alpha value is -2.81. The van der Waals surface area contributed by atoms with Crippen molar-refractivity contribution in [2.45, 2.75) is 18.6 Å². The number of ketones is 1. The first kappa shape index (κ1) is 23.4. The second kappa shape index (κ2) is 10.4. The first-order chi connectivity index (χ1) is 15.9. The maximum absolute atomic E-state index is 12.9. The maximum Gasteiger partial charge on any atom is 0.247 e. The van der Waals surface area contributed by atoms with E-state index in [1.165, 1.54) is 22.7 Å². The van der Waals surface area contributed by atoms with E-state index in [0.717, 1.165) is 11.1 Å². The number of aryl methyl sites for hydroxylation is 1. The molecular weight excluding hydrogens is 456 g/mol. The minimum atomic E-state index is -0.536. The van der Waals surface area contributed by atoms with Gasteiger partial charge in [0.2, 0.25) is 11.8 Å². The lowest BCUT2D eigenvalue weighted by atomic mass is 10.1. The van der Waals surface area contributed by atoms with Gasteiger partial charge in [0.1, 0.15) is 9.57 Å². The van der Waals surface area contributed by atoms with Gasteiger partial charge in [0.25, 0.3) is 0 Å². The second-order valence-electron chi connectivity index (χ2n) is 7.90. The molecule has 2 heterocycles. The molecule has 0 aliphatic carbocycles. The Kier molecular flexibility index (Phi) is 7.37. The monoisotopic (exact) mass is 480 g/mol. The third-order valence-corrected chi connectivity index (χ3v) is 7.19. The summed E-state index contributed by atoms with van der Waals surface area (Å²) in [5, 5.41) is -0.536. The number of benzene rings is 2. The molecule has 8 heteroatoms. The van der Waals surface area contributed by atoms with Crippen LogP contribution < -0.4 is 4.90 Å². The zero-order valence-electron chi connectivity index (χ0n) is 18.2. The molecule has 0 N–H and O–H groups in total. The van der Waals surface area contributed by atoms with Crippen LogP contribution in [0.5, 0.6) is 0 Å². The highest BCUT2D eigenvalue weighted by Gasteiger charge is 2.41. The number of amides is 2. The number of ether oxygens (including phenoxy) is 1. The van der Waals surface area contributed by atoms with Gasteiger partial charge in [-0.15, -0.1) is 0 Å². The minimum Gasteiger partial charge on any atom is -0.378 e. The fourth-order valence-electron chi connectivity index (χ4n) is 3.63. The van der Waals surface area contributed by atoms with Crippen molar-refractivity contribution in [3.05, 3.63) is 71.3 Å². The van der Waals surface area contributed by atoms with Gasteiger partial charge >= 0.3 is 0 Å². The van der Waals surface area contributed by atoms with Gasteiger partial charge in [0.15, 0.2) is 5.78 Å². The summed E-state index contributed by atoms with van der Waals surface area (Å²) in [5.74, 6) is -0.690. The maximum atomic E-state index is 12.9. The van der Waals surface area contributed by atoms with Crippen LogP contribution >= 0.6 is 24.0 Å². The number of hydrogen-bond donors (Lipinski definition) is 0. The summed E-state index contributed by atoms with van der Waals surface area (Å²) in [5.41, 5.74) is 3.05. The number of thiocarbonyl (C=S) groups is 1. The van der Waals surface area contributed by atoms with Gasteiger partial charge in [-0.1, -0.05) is 59.9 Å². The Morgan fingerprint density at radius 2 is 1.73 bits per heavy atom. The zero-order chi connectivity index (χ0) is 23.4. The summed E-state index contributed by atoms with van der Waals surface area (Å²) in [6.45, 7) is 4.61. The molecule has 1 unspecified atom stereocenters. The minimum absolute atomic E-state index is 0.105. The summed E-state index contributed by atoms with van der Waals surface area (Å²) in [6.07, 6.45) is 3.39. The van der Waals surface area contributed by atoms with Crippen LogP contribution in [0.4, 0.5) is 5.69 Å². The van der Waals surface area contributed by atoms with E-state index in [9.17, 15) is 14.4 Å². The topological polar surface area (TPSA) is 66.9 Å². The molecule has 33 heavy (non-hydrogen) atoms. The number of carbonyl (C=O) groups excluding carboxylic acids is 3. The Morgan fingerprint density at radius 3 is 2.39 bits per heavy atom. The van der Waals surface area contributed by atoms with Crippen molar-refractivity contribution in [3.8, 4) is 0 Å². The molecule has 0 spiro atoms. The number of imide groups is 1. The lowest BCUT2D eigenvalue weighted by Crippen LogP contribution is -2.39. The molecule has 1 atom stereocenters. The molecule has 4 rings (SSSR count). The number of nitrogens with zero attached hydrogens (tertiary/aromatic N) is 2. The molecule has 2 saturated heterocycles. The van der Waals surface area contributed by atoms with Crippen molar-refractivity contribution in [3.63, 3.8) is 0 Å². The molecule has 2 fully saturated rings. The van der Waals surface area contributed by atoms with Gasteiger partial charge in [-0.3, -0.25) is 14.4 Å². The molecule has 2 amide bonds. The van der Waals surface area contributed by atoms with Crippen molar-refractivity contribution in [2.75, 3.05) is 31.2 Å². The van der Waals surface area contributed by atoms with E-state index in [2.05, 4.69) is 0 Å². The van der Waals surface area contributed by atoms with E-state index in [-0.39, 0.29) is 24.0 Å². The molecular formula is C25H24N2O4S2. The molecule has 2 aliphatic heterocycles. The van der Waals surface area contributed by atoms with E-state index in [0.29, 0.717) is 41.9 Å². The van der Waals surface area contributed by atoms with Crippen LogP contribution in [0.15, 0.2) is 54.6 Å². The van der Waals surface area contributed by atoms with Crippen LogP contribution in [-0.2, 0) is 14.3 Å². The van der Waals surface area contributed by atoms with Crippen LogP contribution in [0.3, 0.4) is 0 Å². The highest BCUT2D eigenvalue weighted by molar-refractivity contribution is 8.23. The lowest BCUT2D eigenvalue weighted by Gasteiger charge is -2.29. The average Bonchev–Trinajstić information content (AvgIpc) is 3.11. The van der Waals surface area contributed by atoms with Crippen LogP contribution in [-0.4, -0.2) is 58.4 Å². The quantitative estimate of drug-likeness (QED) is 0.279. The summed E-state index contributed by atoms with van der Waals surface area (Å²) < 4.78 is 5.95. The molecule has 6 nitrogen and oxygen atoms in total. The van der Waals surface area contributed by atoms with Crippen LogP contribution in [0, 0.1) is 6.92 Å². The third kappa shape index (κ3) is 5.58. The molecule has 0 radical (unpaired) electrons. The smallest absolute Gasteiger partial charge is 0.247 e. The molecule has 170 valence electrons. The number of rotatable bonds is 5. The predicted octanol–water partition coefficient (Wildman–Crippen LogP) is 3.87.